The molecule has 162 valence electrons. The van der Waals surface area contributed by atoms with E-state index in [2.05, 4.69) is 5.32 Å². The van der Waals surface area contributed by atoms with E-state index in [0.29, 0.717) is 45.6 Å². The Morgan fingerprint density at radius 1 is 1.16 bits per heavy atom. The van der Waals surface area contributed by atoms with E-state index in [4.69, 9.17) is 16.3 Å². The smallest absolute Gasteiger partial charge is 0.258 e. The quantitative estimate of drug-likeness (QED) is 0.607. The second-order valence-electron chi connectivity index (χ2n) is 8.10. The molecule has 1 fully saturated rings. The summed E-state index contributed by atoms with van der Waals surface area (Å²) in [5.74, 6) is 0.154. The molecule has 0 spiro atoms. The number of pyridine rings is 1. The summed E-state index contributed by atoms with van der Waals surface area (Å²) in [7, 11) is 1.51. The summed E-state index contributed by atoms with van der Waals surface area (Å²) in [6.45, 7) is 0.280. The Kier molecular flexibility index (Phi) is 6.03. The van der Waals surface area contributed by atoms with Gasteiger partial charge in [0.05, 0.1) is 24.3 Å². The van der Waals surface area contributed by atoms with E-state index in [1.807, 2.05) is 0 Å². The summed E-state index contributed by atoms with van der Waals surface area (Å²) >= 11 is 6.13. The predicted octanol–water partition coefficient (Wildman–Crippen LogP) is 4.61. The van der Waals surface area contributed by atoms with Crippen molar-refractivity contribution < 1.29 is 14.6 Å². The average molecular weight is 441 g/mol. The number of aromatic nitrogens is 1. The van der Waals surface area contributed by atoms with Crippen molar-refractivity contribution in [2.45, 2.75) is 44.2 Å². The van der Waals surface area contributed by atoms with Crippen LogP contribution in [0.15, 0.2) is 53.5 Å². The third kappa shape index (κ3) is 4.45. The van der Waals surface area contributed by atoms with Gasteiger partial charge in [0.15, 0.2) is 0 Å². The number of halogens is 1. The molecule has 3 aromatic rings. The maximum atomic E-state index is 13.1. The Balaban J connectivity index is 1.62. The molecule has 1 aromatic heterocycles. The van der Waals surface area contributed by atoms with Crippen LogP contribution in [0.5, 0.6) is 5.75 Å². The van der Waals surface area contributed by atoms with Crippen molar-refractivity contribution in [1.29, 1.82) is 0 Å². The highest BCUT2D eigenvalue weighted by atomic mass is 35.5. The minimum absolute atomic E-state index is 0.180. The second kappa shape index (κ2) is 8.73. The number of amides is 1. The van der Waals surface area contributed by atoms with Gasteiger partial charge in [0.25, 0.3) is 11.5 Å². The molecule has 1 amide bonds. The highest BCUT2D eigenvalue weighted by Gasteiger charge is 2.30. The van der Waals surface area contributed by atoms with E-state index < -0.39 is 5.60 Å². The molecule has 1 heterocycles. The van der Waals surface area contributed by atoms with Crippen LogP contribution in [0.25, 0.3) is 10.8 Å². The molecule has 6 nitrogen and oxygen atoms in total. The molecule has 0 bridgehead atoms. The first-order valence-electron chi connectivity index (χ1n) is 10.4. The van der Waals surface area contributed by atoms with Crippen LogP contribution >= 0.6 is 11.6 Å². The van der Waals surface area contributed by atoms with Crippen LogP contribution in [0.3, 0.4) is 0 Å². The maximum Gasteiger partial charge on any atom is 0.258 e. The largest absolute Gasteiger partial charge is 0.495 e. The lowest BCUT2D eigenvalue weighted by atomic mass is 9.85. The second-order valence-corrected chi connectivity index (χ2v) is 8.51. The number of rotatable bonds is 5. The molecular weight excluding hydrogens is 416 g/mol. The number of benzene rings is 2. The van der Waals surface area contributed by atoms with Gasteiger partial charge < -0.3 is 19.7 Å². The van der Waals surface area contributed by atoms with Crippen molar-refractivity contribution in [2.75, 3.05) is 12.4 Å². The van der Waals surface area contributed by atoms with Crippen LogP contribution in [-0.2, 0) is 6.54 Å². The Bertz CT molecular complexity index is 1180. The molecule has 7 heteroatoms. The number of carbonyl (C=O) groups excluding carboxylic acids is 1. The summed E-state index contributed by atoms with van der Waals surface area (Å²) in [5.41, 5.74) is -0.0966. The van der Waals surface area contributed by atoms with Crippen LogP contribution in [0, 0.1) is 0 Å². The van der Waals surface area contributed by atoms with Gasteiger partial charge in [-0.2, -0.15) is 0 Å². The Morgan fingerprint density at radius 3 is 2.65 bits per heavy atom. The van der Waals surface area contributed by atoms with Crippen LogP contribution in [0.4, 0.5) is 5.69 Å². The normalized spacial score (nSPS) is 15.6. The fourth-order valence-corrected chi connectivity index (χ4v) is 4.50. The molecule has 0 atom stereocenters. The molecule has 0 radical (unpaired) electrons. The molecule has 1 aliphatic rings. The summed E-state index contributed by atoms with van der Waals surface area (Å²) in [6, 6.07) is 11.8. The van der Waals surface area contributed by atoms with Crippen LogP contribution < -0.4 is 15.6 Å². The lowest BCUT2D eigenvalue weighted by Gasteiger charge is -2.32. The number of fused-ring (bicyclic) bond motifs is 1. The summed E-state index contributed by atoms with van der Waals surface area (Å²) < 4.78 is 6.69. The number of nitrogens with one attached hydrogen (secondary N) is 1. The topological polar surface area (TPSA) is 80.6 Å². The van der Waals surface area contributed by atoms with Gasteiger partial charge in [0.2, 0.25) is 0 Å². The van der Waals surface area contributed by atoms with Gasteiger partial charge in [-0.3, -0.25) is 9.59 Å². The van der Waals surface area contributed by atoms with Crippen molar-refractivity contribution in [3.63, 3.8) is 0 Å². The van der Waals surface area contributed by atoms with Gasteiger partial charge in [-0.25, -0.2) is 0 Å². The molecule has 31 heavy (non-hydrogen) atoms. The molecule has 2 N–H and O–H groups in total. The number of hydrogen-bond donors (Lipinski definition) is 2. The predicted molar refractivity (Wildman–Crippen MR) is 122 cm³/mol. The third-order valence-corrected chi connectivity index (χ3v) is 6.23. The molecule has 1 saturated carbocycles. The van der Waals surface area contributed by atoms with E-state index in [0.717, 1.165) is 19.3 Å². The number of nitrogens with zero attached hydrogens (tertiary/aromatic N) is 1. The van der Waals surface area contributed by atoms with E-state index in [9.17, 15) is 14.7 Å². The Labute approximate surface area is 185 Å². The van der Waals surface area contributed by atoms with Crippen LogP contribution in [-0.4, -0.2) is 28.3 Å². The Morgan fingerprint density at radius 2 is 1.94 bits per heavy atom. The van der Waals surface area contributed by atoms with Crippen molar-refractivity contribution in [2.24, 2.45) is 0 Å². The van der Waals surface area contributed by atoms with Crippen molar-refractivity contribution in [3.05, 3.63) is 69.6 Å². The molecule has 4 rings (SSSR count). The summed E-state index contributed by atoms with van der Waals surface area (Å²) in [5, 5.41) is 15.2. The van der Waals surface area contributed by atoms with Gasteiger partial charge in [-0.15, -0.1) is 0 Å². The Hall–Kier alpha value is -2.83. The highest BCUT2D eigenvalue weighted by Crippen LogP contribution is 2.30. The maximum absolute atomic E-state index is 13.1. The zero-order chi connectivity index (χ0) is 22.0. The first-order valence-corrected chi connectivity index (χ1v) is 10.8. The lowest BCUT2D eigenvalue weighted by molar-refractivity contribution is -0.0121. The molecular formula is C24H25ClN2O4. The van der Waals surface area contributed by atoms with Gasteiger partial charge in [0, 0.05) is 28.2 Å². The van der Waals surface area contributed by atoms with Crippen molar-refractivity contribution >= 4 is 34.0 Å². The molecule has 0 unspecified atom stereocenters. The SMILES string of the molecule is COc1ccc(C(=O)Nc2cccc3c(=O)n(CC4(O)CCCCC4)ccc23)cc1Cl. The minimum atomic E-state index is -0.838. The summed E-state index contributed by atoms with van der Waals surface area (Å²) in [4.78, 5) is 25.8. The molecule has 0 saturated heterocycles. The van der Waals surface area contributed by atoms with Crippen LogP contribution in [0.2, 0.25) is 5.02 Å². The number of ether oxygens (including phenoxy) is 1. The van der Waals surface area contributed by atoms with Gasteiger partial charge in [-0.05, 0) is 49.2 Å². The van der Waals surface area contributed by atoms with E-state index in [-0.39, 0.29) is 18.0 Å². The fourth-order valence-electron chi connectivity index (χ4n) is 4.24. The van der Waals surface area contributed by atoms with Crippen LogP contribution in [0.1, 0.15) is 42.5 Å². The minimum Gasteiger partial charge on any atom is -0.495 e. The summed E-state index contributed by atoms with van der Waals surface area (Å²) in [6.07, 6.45) is 6.18. The number of methoxy groups -OCH3 is 1. The zero-order valence-electron chi connectivity index (χ0n) is 17.4. The number of aliphatic hydroxyl groups is 1. The first-order chi connectivity index (χ1) is 14.9. The standard InChI is InChI=1S/C24H25ClN2O4/c1-31-21-9-8-16(14-19(21)25)22(28)26-20-7-5-6-18-17(20)10-13-27(23(18)29)15-24(30)11-3-2-4-12-24/h5-10,13-14,30H,2-4,11-12,15H2,1H3,(H,26,28). The van der Waals surface area contributed by atoms with Gasteiger partial charge >= 0.3 is 0 Å². The molecule has 2 aromatic carbocycles. The van der Waals surface area contributed by atoms with Crippen molar-refractivity contribution in [1.82, 2.24) is 4.57 Å². The van der Waals surface area contributed by atoms with Crippen molar-refractivity contribution in [3.8, 4) is 5.75 Å². The highest BCUT2D eigenvalue weighted by molar-refractivity contribution is 6.32. The van der Waals surface area contributed by atoms with E-state index in [1.165, 1.54) is 7.11 Å². The van der Waals surface area contributed by atoms with Gasteiger partial charge in [-0.1, -0.05) is 36.9 Å². The monoisotopic (exact) mass is 440 g/mol. The lowest BCUT2D eigenvalue weighted by Crippen LogP contribution is -2.39. The zero-order valence-corrected chi connectivity index (χ0v) is 18.1. The first kappa shape index (κ1) is 21.4. The number of anilines is 1. The van der Waals surface area contributed by atoms with E-state index >= 15 is 0 Å². The molecule has 0 aliphatic heterocycles. The third-order valence-electron chi connectivity index (χ3n) is 5.93. The fraction of sp³-hybridized carbons (Fsp3) is 0.333. The number of hydrogen-bond acceptors (Lipinski definition) is 4. The molecule has 1 aliphatic carbocycles. The van der Waals surface area contributed by atoms with E-state index in [1.54, 1.807) is 53.2 Å². The average Bonchev–Trinajstić information content (AvgIpc) is 2.76. The van der Waals surface area contributed by atoms with Gasteiger partial charge in [0.1, 0.15) is 5.75 Å². The number of carbonyl (C=O) groups is 1.